The summed E-state index contributed by atoms with van der Waals surface area (Å²) >= 11 is 0. The minimum atomic E-state index is -1.56. The molecule has 1 aromatic heterocycles. The molecule has 2 aromatic rings. The number of H-pyrrole nitrogens is 1. The van der Waals surface area contributed by atoms with Gasteiger partial charge in [0.25, 0.3) is 0 Å². The van der Waals surface area contributed by atoms with E-state index in [0.717, 1.165) is 5.69 Å². The molecule has 31 heavy (non-hydrogen) atoms. The van der Waals surface area contributed by atoms with Gasteiger partial charge < -0.3 is 34.7 Å². The number of methoxy groups -OCH3 is 1. The van der Waals surface area contributed by atoms with Gasteiger partial charge in [-0.25, -0.2) is 4.79 Å². The van der Waals surface area contributed by atoms with E-state index in [2.05, 4.69) is 4.98 Å². The Kier molecular flexibility index (Phi) is 7.01. The molecule has 1 atom stereocenters. The van der Waals surface area contributed by atoms with Crippen molar-refractivity contribution >= 4 is 13.1 Å². The zero-order valence-electron chi connectivity index (χ0n) is 17.2. The van der Waals surface area contributed by atoms with Gasteiger partial charge in [-0.15, -0.1) is 0 Å². The summed E-state index contributed by atoms with van der Waals surface area (Å²) in [5.74, 6) is -1.79. The highest BCUT2D eigenvalue weighted by atomic mass is 16.5. The molecular formula is C20H25BN2O8. The van der Waals surface area contributed by atoms with Crippen LogP contribution in [-0.2, 0) is 11.2 Å². The Morgan fingerprint density at radius 2 is 2.06 bits per heavy atom. The summed E-state index contributed by atoms with van der Waals surface area (Å²) in [6.07, 6.45) is 0.750. The van der Waals surface area contributed by atoms with Crippen LogP contribution in [0, 0.1) is 6.92 Å². The molecular weight excluding hydrogens is 407 g/mol. The van der Waals surface area contributed by atoms with Crippen LogP contribution in [0.2, 0.25) is 6.32 Å². The molecule has 11 heteroatoms. The fourth-order valence-corrected chi connectivity index (χ4v) is 3.57. The maximum absolute atomic E-state index is 12.3. The van der Waals surface area contributed by atoms with Gasteiger partial charge in [-0.2, -0.15) is 0 Å². The number of hydrogen-bond acceptors (Lipinski definition) is 8. The van der Waals surface area contributed by atoms with Crippen LogP contribution < -0.4 is 10.2 Å². The number of ether oxygens (including phenoxy) is 2. The SMILES string of the molecule is COC(c1c[nH]c(C)cc1=O)N1CC(Oc2ccc(CCB(O)O)c(O)c2C(=O)O)C1. The first-order valence-corrected chi connectivity index (χ1v) is 9.78. The van der Waals surface area contributed by atoms with Crippen LogP contribution in [0.4, 0.5) is 0 Å². The standard InChI is InChI=1S/C20H25BN2O8/c1-11-7-15(24)14(8-22-11)19(30-2)23-9-13(10-23)31-16-4-3-12(5-6-21(28)29)18(25)17(16)20(26)27/h3-4,7-8,13,19,25,28-29H,5-6,9-10H2,1-2H3,(H,22,24)(H,26,27). The fourth-order valence-electron chi connectivity index (χ4n) is 3.57. The summed E-state index contributed by atoms with van der Waals surface area (Å²) in [5, 5.41) is 37.9. The Morgan fingerprint density at radius 1 is 1.35 bits per heavy atom. The van der Waals surface area contributed by atoms with Crippen molar-refractivity contribution in [1.82, 2.24) is 9.88 Å². The van der Waals surface area contributed by atoms with Crippen LogP contribution in [-0.4, -0.2) is 69.5 Å². The summed E-state index contributed by atoms with van der Waals surface area (Å²) in [7, 11) is -0.0557. The van der Waals surface area contributed by atoms with E-state index in [9.17, 15) is 19.8 Å². The third kappa shape index (κ3) is 5.08. The van der Waals surface area contributed by atoms with Crippen LogP contribution in [0.1, 0.15) is 33.4 Å². The van der Waals surface area contributed by atoms with E-state index in [1.807, 2.05) is 4.90 Å². The topological polar surface area (TPSA) is 153 Å². The van der Waals surface area contributed by atoms with Gasteiger partial charge in [-0.05, 0) is 31.3 Å². The second-order valence-electron chi connectivity index (χ2n) is 7.49. The average molecular weight is 432 g/mol. The third-order valence-electron chi connectivity index (χ3n) is 5.19. The quantitative estimate of drug-likeness (QED) is 0.357. The number of phenols is 1. The van der Waals surface area contributed by atoms with Gasteiger partial charge in [0.2, 0.25) is 0 Å². The number of nitrogens with zero attached hydrogens (tertiary/aromatic N) is 1. The van der Waals surface area contributed by atoms with E-state index in [-0.39, 0.29) is 41.2 Å². The number of pyridine rings is 1. The number of likely N-dealkylation sites (tertiary alicyclic amines) is 1. The van der Waals surface area contributed by atoms with Crippen LogP contribution in [0.25, 0.3) is 0 Å². The molecule has 0 bridgehead atoms. The summed E-state index contributed by atoms with van der Waals surface area (Å²) in [6.45, 7) is 2.57. The Labute approximate surface area is 178 Å². The number of aromatic hydroxyl groups is 1. The van der Waals surface area contributed by atoms with E-state index in [0.29, 0.717) is 18.7 Å². The van der Waals surface area contributed by atoms with Crippen molar-refractivity contribution < 1.29 is 34.5 Å². The predicted molar refractivity (Wildman–Crippen MR) is 111 cm³/mol. The van der Waals surface area contributed by atoms with Crippen LogP contribution in [0.3, 0.4) is 0 Å². The predicted octanol–water partition coefficient (Wildman–Crippen LogP) is 0.511. The summed E-state index contributed by atoms with van der Waals surface area (Å²) in [5.41, 5.74) is 0.971. The zero-order chi connectivity index (χ0) is 22.7. The lowest BCUT2D eigenvalue weighted by atomic mass is 9.82. The van der Waals surface area contributed by atoms with Crippen LogP contribution in [0.15, 0.2) is 29.2 Å². The minimum absolute atomic E-state index is 0.0186. The number of aromatic carboxylic acids is 1. The molecule has 0 spiro atoms. The highest BCUT2D eigenvalue weighted by Crippen LogP contribution is 2.35. The Balaban J connectivity index is 1.71. The van der Waals surface area contributed by atoms with Crippen LogP contribution >= 0.6 is 0 Å². The smallest absolute Gasteiger partial charge is 0.451 e. The largest absolute Gasteiger partial charge is 0.507 e. The van der Waals surface area contributed by atoms with Crippen LogP contribution in [0.5, 0.6) is 11.5 Å². The second kappa shape index (κ2) is 9.52. The number of aromatic nitrogens is 1. The van der Waals surface area contributed by atoms with Gasteiger partial charge in [-0.1, -0.05) is 6.07 Å². The van der Waals surface area contributed by atoms with Gasteiger partial charge in [0, 0.05) is 38.2 Å². The number of carboxylic acid groups (broad SMARTS) is 1. The Morgan fingerprint density at radius 3 is 2.65 bits per heavy atom. The highest BCUT2D eigenvalue weighted by Gasteiger charge is 2.37. The average Bonchev–Trinajstić information content (AvgIpc) is 2.66. The first kappa shape index (κ1) is 22.8. The number of carbonyl (C=O) groups is 1. The minimum Gasteiger partial charge on any atom is -0.507 e. The highest BCUT2D eigenvalue weighted by molar-refractivity contribution is 6.41. The van der Waals surface area contributed by atoms with Crippen molar-refractivity contribution in [1.29, 1.82) is 0 Å². The van der Waals surface area contributed by atoms with Gasteiger partial charge >= 0.3 is 13.1 Å². The molecule has 2 heterocycles. The van der Waals surface area contributed by atoms with E-state index < -0.39 is 25.1 Å². The first-order chi connectivity index (χ1) is 14.7. The molecule has 3 rings (SSSR count). The van der Waals surface area contributed by atoms with E-state index in [4.69, 9.17) is 19.5 Å². The second-order valence-corrected chi connectivity index (χ2v) is 7.49. The summed E-state index contributed by atoms with van der Waals surface area (Å²) < 4.78 is 11.3. The molecule has 10 nitrogen and oxygen atoms in total. The zero-order valence-corrected chi connectivity index (χ0v) is 17.2. The van der Waals surface area contributed by atoms with E-state index in [1.165, 1.54) is 25.3 Å². The fraction of sp³-hybridized carbons (Fsp3) is 0.400. The van der Waals surface area contributed by atoms with Gasteiger partial charge in [0.15, 0.2) is 5.43 Å². The lowest BCUT2D eigenvalue weighted by Crippen LogP contribution is -2.55. The van der Waals surface area contributed by atoms with Crippen molar-refractivity contribution in [2.24, 2.45) is 0 Å². The molecule has 1 fully saturated rings. The van der Waals surface area contributed by atoms with E-state index >= 15 is 0 Å². The maximum atomic E-state index is 12.3. The number of aryl methyl sites for hydroxylation is 2. The van der Waals surface area contributed by atoms with Crippen molar-refractivity contribution in [2.45, 2.75) is 32.0 Å². The van der Waals surface area contributed by atoms with Crippen molar-refractivity contribution in [3.63, 3.8) is 0 Å². The third-order valence-corrected chi connectivity index (χ3v) is 5.19. The molecule has 0 aliphatic carbocycles. The van der Waals surface area contributed by atoms with Gasteiger partial charge in [-0.3, -0.25) is 9.69 Å². The summed E-state index contributed by atoms with van der Waals surface area (Å²) in [4.78, 5) is 28.8. The van der Waals surface area contributed by atoms with Crippen molar-refractivity contribution in [3.05, 3.63) is 57.0 Å². The number of rotatable bonds is 9. The van der Waals surface area contributed by atoms with Gasteiger partial charge in [0.1, 0.15) is 29.4 Å². The number of nitrogens with one attached hydrogen (secondary N) is 1. The molecule has 0 radical (unpaired) electrons. The number of benzene rings is 1. The normalized spacial score (nSPS) is 15.4. The first-order valence-electron chi connectivity index (χ1n) is 9.78. The molecule has 1 aliphatic heterocycles. The maximum Gasteiger partial charge on any atom is 0.451 e. The van der Waals surface area contributed by atoms with E-state index in [1.54, 1.807) is 13.1 Å². The number of hydrogen-bond donors (Lipinski definition) is 5. The monoisotopic (exact) mass is 432 g/mol. The molecule has 1 aliphatic rings. The molecule has 1 saturated heterocycles. The Hall–Kier alpha value is -2.86. The van der Waals surface area contributed by atoms with Crippen molar-refractivity contribution in [3.8, 4) is 11.5 Å². The lowest BCUT2D eigenvalue weighted by molar-refractivity contribution is -0.111. The van der Waals surface area contributed by atoms with Gasteiger partial charge in [0.05, 0.1) is 5.56 Å². The lowest BCUT2D eigenvalue weighted by Gasteiger charge is -2.43. The molecule has 5 N–H and O–H groups in total. The molecule has 1 aromatic carbocycles. The summed E-state index contributed by atoms with van der Waals surface area (Å²) in [6, 6.07) is 4.44. The molecule has 1 unspecified atom stereocenters. The number of carboxylic acids is 1. The number of aromatic amines is 1. The molecule has 166 valence electrons. The molecule has 0 saturated carbocycles. The Bertz CT molecular complexity index is 1000. The van der Waals surface area contributed by atoms with Crippen molar-refractivity contribution in [2.75, 3.05) is 20.2 Å². The molecule has 0 amide bonds.